The van der Waals surface area contributed by atoms with Crippen LogP contribution in [-0.2, 0) is 11.3 Å². The van der Waals surface area contributed by atoms with Crippen LogP contribution in [0.5, 0.6) is 0 Å². The fraction of sp³-hybridized carbons (Fsp3) is 0.273. The van der Waals surface area contributed by atoms with Gasteiger partial charge in [-0.15, -0.1) is 0 Å². The van der Waals surface area contributed by atoms with Crippen molar-refractivity contribution in [1.82, 2.24) is 9.47 Å². The average Bonchev–Trinajstić information content (AvgIpc) is 3.26. The van der Waals surface area contributed by atoms with E-state index in [1.165, 1.54) is 27.9 Å². The summed E-state index contributed by atoms with van der Waals surface area (Å²) >= 11 is 0. The van der Waals surface area contributed by atoms with Gasteiger partial charge >= 0.3 is 0 Å². The van der Waals surface area contributed by atoms with Gasteiger partial charge in [0.25, 0.3) is 0 Å². The van der Waals surface area contributed by atoms with Crippen molar-refractivity contribution in [3.63, 3.8) is 0 Å². The molecule has 1 aliphatic heterocycles. The number of aromatic nitrogens is 1. The number of nitrogens with zero attached hydrogens (tertiary/aromatic N) is 2. The molecule has 0 N–H and O–H groups in total. The van der Waals surface area contributed by atoms with Gasteiger partial charge in [0.1, 0.15) is 6.23 Å². The van der Waals surface area contributed by atoms with E-state index in [1.807, 2.05) is 0 Å². The molecule has 1 atom stereocenters. The second-order valence-corrected chi connectivity index (χ2v) is 6.87. The van der Waals surface area contributed by atoms with Crippen LogP contribution >= 0.6 is 0 Å². The van der Waals surface area contributed by atoms with Gasteiger partial charge in [-0.25, -0.2) is 0 Å². The summed E-state index contributed by atoms with van der Waals surface area (Å²) in [5, 5.41) is 0. The maximum absolute atomic E-state index is 6.03. The third-order valence-electron chi connectivity index (χ3n) is 4.79. The van der Waals surface area contributed by atoms with Crippen molar-refractivity contribution in [2.75, 3.05) is 13.2 Å². The van der Waals surface area contributed by atoms with E-state index >= 15 is 0 Å². The lowest BCUT2D eigenvalue weighted by Gasteiger charge is -2.22. The van der Waals surface area contributed by atoms with Gasteiger partial charge in [0.2, 0.25) is 0 Å². The van der Waals surface area contributed by atoms with Crippen LogP contribution in [0.15, 0.2) is 67.0 Å². The summed E-state index contributed by atoms with van der Waals surface area (Å²) in [5.41, 5.74) is 6.30. The summed E-state index contributed by atoms with van der Waals surface area (Å²) in [4.78, 5) is 2.40. The van der Waals surface area contributed by atoms with Gasteiger partial charge in [0, 0.05) is 36.7 Å². The zero-order valence-corrected chi connectivity index (χ0v) is 14.9. The predicted molar refractivity (Wildman–Crippen MR) is 101 cm³/mol. The van der Waals surface area contributed by atoms with E-state index in [4.69, 9.17) is 4.74 Å². The van der Waals surface area contributed by atoms with Crippen molar-refractivity contribution >= 4 is 0 Å². The Morgan fingerprint density at radius 2 is 1.84 bits per heavy atom. The first kappa shape index (κ1) is 16.1. The summed E-state index contributed by atoms with van der Waals surface area (Å²) in [6, 6.07) is 19.5. The second-order valence-electron chi connectivity index (χ2n) is 6.87. The van der Waals surface area contributed by atoms with Gasteiger partial charge in [0.15, 0.2) is 0 Å². The molecule has 0 radical (unpaired) electrons. The Kier molecular flexibility index (Phi) is 4.43. The molecule has 3 aromatic rings. The molecule has 0 aliphatic carbocycles. The number of ether oxygens (including phenoxy) is 1. The van der Waals surface area contributed by atoms with E-state index < -0.39 is 0 Å². The van der Waals surface area contributed by atoms with Gasteiger partial charge in [-0.2, -0.15) is 0 Å². The minimum absolute atomic E-state index is 0.0346. The molecule has 0 saturated carbocycles. The van der Waals surface area contributed by atoms with Crippen molar-refractivity contribution in [3.8, 4) is 5.69 Å². The molecular formula is C22H24N2O. The topological polar surface area (TPSA) is 17.4 Å². The number of hydrogen-bond donors (Lipinski definition) is 0. The molecule has 0 amide bonds. The monoisotopic (exact) mass is 332 g/mol. The summed E-state index contributed by atoms with van der Waals surface area (Å²) in [5.74, 6) is 0. The number of rotatable bonds is 4. The molecule has 1 saturated heterocycles. The van der Waals surface area contributed by atoms with E-state index in [0.29, 0.717) is 0 Å². The molecule has 0 bridgehead atoms. The molecule has 2 aromatic carbocycles. The van der Waals surface area contributed by atoms with Gasteiger partial charge in [-0.05, 0) is 43.2 Å². The molecule has 1 aromatic heterocycles. The summed E-state index contributed by atoms with van der Waals surface area (Å²) in [7, 11) is 0. The highest BCUT2D eigenvalue weighted by molar-refractivity contribution is 5.37. The van der Waals surface area contributed by atoms with Crippen LogP contribution in [0.1, 0.15) is 28.5 Å². The summed E-state index contributed by atoms with van der Waals surface area (Å²) in [6.45, 7) is 6.91. The molecule has 0 spiro atoms. The molecule has 1 aliphatic rings. The van der Waals surface area contributed by atoms with Gasteiger partial charge < -0.3 is 9.30 Å². The Balaban J connectivity index is 1.53. The number of aryl methyl sites for hydroxylation is 2. The van der Waals surface area contributed by atoms with Crippen molar-refractivity contribution in [3.05, 3.63) is 89.2 Å². The molecule has 2 heterocycles. The minimum atomic E-state index is 0.0346. The summed E-state index contributed by atoms with van der Waals surface area (Å²) in [6.07, 6.45) is 4.34. The zero-order valence-electron chi connectivity index (χ0n) is 14.9. The third kappa shape index (κ3) is 3.53. The fourth-order valence-corrected chi connectivity index (χ4v) is 3.41. The van der Waals surface area contributed by atoms with Crippen LogP contribution in [0.3, 0.4) is 0 Å². The highest BCUT2D eigenvalue weighted by Gasteiger charge is 2.27. The van der Waals surface area contributed by atoms with Gasteiger partial charge in [-0.3, -0.25) is 4.90 Å². The standard InChI is InChI=1S/C22H24N2O/c1-17-6-8-19(9-7-17)15-24-12-13-25-22(24)20-10-11-23(16-20)21-5-3-4-18(2)14-21/h3-11,14,16,22H,12-13,15H2,1-2H3/t22-/m1/s1. The Hall–Kier alpha value is -2.36. The van der Waals surface area contributed by atoms with E-state index in [2.05, 4.69) is 90.3 Å². The largest absolute Gasteiger partial charge is 0.357 e. The van der Waals surface area contributed by atoms with Crippen LogP contribution in [0.4, 0.5) is 0 Å². The molecule has 4 rings (SSSR count). The van der Waals surface area contributed by atoms with E-state index in [-0.39, 0.29) is 6.23 Å². The van der Waals surface area contributed by atoms with Crippen LogP contribution in [0.2, 0.25) is 0 Å². The van der Waals surface area contributed by atoms with Crippen LogP contribution < -0.4 is 0 Å². The lowest BCUT2D eigenvalue weighted by Crippen LogP contribution is -2.23. The summed E-state index contributed by atoms with van der Waals surface area (Å²) < 4.78 is 8.21. The highest BCUT2D eigenvalue weighted by Crippen LogP contribution is 2.29. The maximum atomic E-state index is 6.03. The van der Waals surface area contributed by atoms with Crippen LogP contribution in [-0.4, -0.2) is 22.6 Å². The van der Waals surface area contributed by atoms with Crippen LogP contribution in [0, 0.1) is 13.8 Å². The molecule has 0 unspecified atom stereocenters. The number of benzene rings is 2. The van der Waals surface area contributed by atoms with Crippen LogP contribution in [0.25, 0.3) is 5.69 Å². The van der Waals surface area contributed by atoms with Gasteiger partial charge in [0.05, 0.1) is 6.61 Å². The second kappa shape index (κ2) is 6.87. The number of hydrogen-bond acceptors (Lipinski definition) is 2. The van der Waals surface area contributed by atoms with E-state index in [9.17, 15) is 0 Å². The fourth-order valence-electron chi connectivity index (χ4n) is 3.41. The molecule has 128 valence electrons. The quantitative estimate of drug-likeness (QED) is 0.693. The molecule has 3 heteroatoms. The Labute approximate surface area is 149 Å². The smallest absolute Gasteiger partial charge is 0.138 e. The van der Waals surface area contributed by atoms with Crippen molar-refractivity contribution < 1.29 is 4.74 Å². The Bertz CT molecular complexity index is 850. The van der Waals surface area contributed by atoms with E-state index in [1.54, 1.807) is 0 Å². The Morgan fingerprint density at radius 3 is 2.64 bits per heavy atom. The predicted octanol–water partition coefficient (Wildman–Crippen LogP) is 4.63. The van der Waals surface area contributed by atoms with E-state index in [0.717, 1.165) is 19.7 Å². The first-order chi connectivity index (χ1) is 12.2. The molecular weight excluding hydrogens is 308 g/mol. The zero-order chi connectivity index (χ0) is 17.2. The normalized spacial score (nSPS) is 17.9. The van der Waals surface area contributed by atoms with Gasteiger partial charge in [-0.1, -0.05) is 42.0 Å². The average molecular weight is 332 g/mol. The lowest BCUT2D eigenvalue weighted by atomic mass is 10.1. The molecule has 1 fully saturated rings. The van der Waals surface area contributed by atoms with Crippen molar-refractivity contribution in [1.29, 1.82) is 0 Å². The highest BCUT2D eigenvalue weighted by atomic mass is 16.5. The Morgan fingerprint density at radius 1 is 1.00 bits per heavy atom. The lowest BCUT2D eigenvalue weighted by molar-refractivity contribution is 0.0288. The first-order valence-corrected chi connectivity index (χ1v) is 8.85. The van der Waals surface area contributed by atoms with Crippen molar-refractivity contribution in [2.45, 2.75) is 26.6 Å². The molecule has 3 nitrogen and oxygen atoms in total. The first-order valence-electron chi connectivity index (χ1n) is 8.85. The van der Waals surface area contributed by atoms with Crippen molar-refractivity contribution in [2.24, 2.45) is 0 Å². The SMILES string of the molecule is Cc1ccc(CN2CCO[C@@H]2c2ccn(-c3cccc(C)c3)c2)cc1. The molecule has 25 heavy (non-hydrogen) atoms. The third-order valence-corrected chi connectivity index (χ3v) is 4.79. The minimum Gasteiger partial charge on any atom is -0.357 e. The maximum Gasteiger partial charge on any atom is 0.138 e.